The van der Waals surface area contributed by atoms with E-state index in [4.69, 9.17) is 28.6 Å². The molecule has 2 aliphatic carbocycles. The smallest absolute Gasteiger partial charge is 0.396 e. The molecule has 0 aromatic carbocycles. The molecule has 2 unspecified atom stereocenters. The van der Waals surface area contributed by atoms with Gasteiger partial charge >= 0.3 is 15.6 Å². The molecule has 11 atom stereocenters. The van der Waals surface area contributed by atoms with Crippen LogP contribution in [0.5, 0.6) is 0 Å². The fourth-order valence-corrected chi connectivity index (χ4v) is 10.4. The largest absolute Gasteiger partial charge is 0.472 e. The van der Waals surface area contributed by atoms with Gasteiger partial charge in [-0.15, -0.1) is 11.3 Å². The van der Waals surface area contributed by atoms with Gasteiger partial charge in [0.15, 0.2) is 11.5 Å². The minimum atomic E-state index is -4.95. The molecule has 4 fully saturated rings. The van der Waals surface area contributed by atoms with Crippen LogP contribution in [0, 0.1) is 24.2 Å². The van der Waals surface area contributed by atoms with Crippen LogP contribution in [0.25, 0.3) is 22.1 Å². The minimum absolute atomic E-state index is 0.116. The topological polar surface area (TPSA) is 277 Å². The summed E-state index contributed by atoms with van der Waals surface area (Å²) in [5.74, 6) is -1.10. The van der Waals surface area contributed by atoms with E-state index in [1.54, 1.807) is 16.9 Å². The summed E-state index contributed by atoms with van der Waals surface area (Å²) < 4.78 is 56.9. The highest BCUT2D eigenvalue weighted by molar-refractivity contribution is 7.47. The molecule has 22 heteroatoms. The van der Waals surface area contributed by atoms with E-state index in [9.17, 15) is 33.9 Å². The monoisotopic (exact) mass is 713 g/mol. The second-order valence-electron chi connectivity index (χ2n) is 12.2. The predicted molar refractivity (Wildman–Crippen MR) is 160 cm³/mol. The Hall–Kier alpha value is -2.71. The maximum atomic E-state index is 13.6. The third kappa shape index (κ3) is 5.02. The summed E-state index contributed by atoms with van der Waals surface area (Å²) in [5.41, 5.74) is 5.19. The van der Waals surface area contributed by atoms with Crippen molar-refractivity contribution in [2.45, 2.75) is 49.9 Å². The number of thiophene rings is 1. The predicted octanol–water partition coefficient (Wildman–Crippen LogP) is 0.703. The molecule has 2 saturated carbocycles. The lowest BCUT2D eigenvalue weighted by atomic mass is 9.96. The summed E-state index contributed by atoms with van der Waals surface area (Å²) in [5, 5.41) is 23.7. The highest BCUT2D eigenvalue weighted by Crippen LogP contribution is 2.72. The number of hydrogen-bond acceptors (Lipinski definition) is 16. The van der Waals surface area contributed by atoms with Gasteiger partial charge in [0.05, 0.1) is 54.1 Å². The Balaban J connectivity index is 1.15. The SMILES string of the molecule is Cc1nc2c([C@@H]3O[C@@H]4COP(=O)(O)O[C@H]5[C@@H](O)[C@H](n6cnc7c(N)ncnc76)[C@H]6C[C@@]65COP(=O)(O)O[C@@H]3[C@@H]4CO)scc2c(=O)[nH]1. The first kappa shape index (κ1) is 31.6. The van der Waals surface area contributed by atoms with Crippen LogP contribution in [0.3, 0.4) is 0 Å². The van der Waals surface area contributed by atoms with Crippen LogP contribution in [0.1, 0.15) is 29.3 Å². The number of hydrogen-bond donors (Lipinski definition) is 6. The van der Waals surface area contributed by atoms with Crippen LogP contribution in [0.2, 0.25) is 0 Å². The van der Waals surface area contributed by atoms with Crippen molar-refractivity contribution in [3.8, 4) is 0 Å². The average molecular weight is 714 g/mol. The lowest BCUT2D eigenvalue weighted by molar-refractivity contribution is -0.0502. The van der Waals surface area contributed by atoms with E-state index in [2.05, 4.69) is 24.9 Å². The zero-order valence-electron chi connectivity index (χ0n) is 24.4. The molecular formula is C25H29N7O12P2S. The molecule has 2 saturated heterocycles. The number of nitrogens with two attached hydrogens (primary N) is 1. The number of phosphoric acid groups is 2. The van der Waals surface area contributed by atoms with Crippen molar-refractivity contribution in [1.82, 2.24) is 29.5 Å². The Bertz CT molecular complexity index is 2060. The number of imidazole rings is 1. The third-order valence-corrected chi connectivity index (χ3v) is 12.5. The Kier molecular flexibility index (Phi) is 7.32. The maximum Gasteiger partial charge on any atom is 0.472 e. The van der Waals surface area contributed by atoms with Crippen molar-refractivity contribution in [3.63, 3.8) is 0 Å². The fraction of sp³-hybridized carbons (Fsp3) is 0.560. The van der Waals surface area contributed by atoms with E-state index in [1.807, 2.05) is 0 Å². The molecule has 2 bridgehead atoms. The highest BCUT2D eigenvalue weighted by atomic mass is 32.1. The lowest BCUT2D eigenvalue weighted by Crippen LogP contribution is -2.38. The molecule has 0 radical (unpaired) electrons. The molecule has 7 N–H and O–H groups in total. The summed E-state index contributed by atoms with van der Waals surface area (Å²) in [4.78, 5) is 54.3. The second kappa shape index (κ2) is 10.9. The fourth-order valence-electron chi connectivity index (χ4n) is 7.29. The summed E-state index contributed by atoms with van der Waals surface area (Å²) in [6.45, 7) is -0.166. The molecule has 1 spiro atoms. The van der Waals surface area contributed by atoms with Crippen molar-refractivity contribution in [1.29, 1.82) is 0 Å². The molecule has 252 valence electrons. The number of aromatic amines is 1. The van der Waals surface area contributed by atoms with Crippen molar-refractivity contribution in [3.05, 3.63) is 39.1 Å². The van der Waals surface area contributed by atoms with Crippen LogP contribution < -0.4 is 11.3 Å². The minimum Gasteiger partial charge on any atom is -0.396 e. The lowest BCUT2D eigenvalue weighted by Gasteiger charge is -2.30. The van der Waals surface area contributed by atoms with Gasteiger partial charge in [0.2, 0.25) is 0 Å². The molecule has 19 nitrogen and oxygen atoms in total. The van der Waals surface area contributed by atoms with Crippen LogP contribution in [0.4, 0.5) is 5.82 Å². The summed E-state index contributed by atoms with van der Waals surface area (Å²) in [6.07, 6.45) is -3.55. The van der Waals surface area contributed by atoms with Gasteiger partial charge in [0.1, 0.15) is 42.1 Å². The van der Waals surface area contributed by atoms with E-state index in [0.29, 0.717) is 16.3 Å². The van der Waals surface area contributed by atoms with Crippen molar-refractivity contribution in [2.24, 2.45) is 17.3 Å². The van der Waals surface area contributed by atoms with E-state index >= 15 is 0 Å². The Morgan fingerprint density at radius 2 is 1.96 bits per heavy atom. The van der Waals surface area contributed by atoms with Gasteiger partial charge in [-0.3, -0.25) is 22.9 Å². The number of phosphoric ester groups is 2. The number of nitrogen functional groups attached to an aromatic ring is 1. The molecule has 4 aliphatic rings. The number of aliphatic hydroxyl groups is 2. The van der Waals surface area contributed by atoms with Crippen molar-refractivity contribution < 1.29 is 52.0 Å². The number of ether oxygens (including phenoxy) is 1. The van der Waals surface area contributed by atoms with E-state index in [0.717, 1.165) is 11.3 Å². The van der Waals surface area contributed by atoms with Crippen LogP contribution in [-0.2, 0) is 32.0 Å². The van der Waals surface area contributed by atoms with Crippen LogP contribution in [-0.4, -0.2) is 93.7 Å². The Labute approximate surface area is 267 Å². The van der Waals surface area contributed by atoms with Gasteiger partial charge in [-0.05, 0) is 19.3 Å². The first-order valence-electron chi connectivity index (χ1n) is 14.5. The molecule has 0 amide bonds. The molecule has 2 aliphatic heterocycles. The van der Waals surface area contributed by atoms with E-state index in [1.165, 1.54) is 12.7 Å². The Morgan fingerprint density at radius 3 is 2.74 bits per heavy atom. The van der Waals surface area contributed by atoms with Gasteiger partial charge in [-0.1, -0.05) is 0 Å². The van der Waals surface area contributed by atoms with E-state index in [-0.39, 0.29) is 28.7 Å². The zero-order valence-corrected chi connectivity index (χ0v) is 27.0. The Morgan fingerprint density at radius 1 is 1.17 bits per heavy atom. The number of aromatic nitrogens is 6. The van der Waals surface area contributed by atoms with Gasteiger partial charge in [0, 0.05) is 16.7 Å². The van der Waals surface area contributed by atoms with Crippen LogP contribution in [0.15, 0.2) is 22.8 Å². The number of fused-ring (bicyclic) bond motifs is 4. The normalized spacial score (nSPS) is 40.4. The number of anilines is 1. The molecule has 47 heavy (non-hydrogen) atoms. The number of aliphatic hydroxyl groups excluding tert-OH is 2. The summed E-state index contributed by atoms with van der Waals surface area (Å²) >= 11 is 1.10. The number of nitrogens with one attached hydrogen (secondary N) is 1. The quantitative estimate of drug-likeness (QED) is 0.159. The van der Waals surface area contributed by atoms with Gasteiger partial charge in [-0.2, -0.15) is 0 Å². The average Bonchev–Trinajstić information content (AvgIpc) is 3.30. The van der Waals surface area contributed by atoms with Gasteiger partial charge in [-0.25, -0.2) is 29.1 Å². The molecule has 4 aromatic rings. The molecule has 8 rings (SSSR count). The number of aryl methyl sites for hydroxylation is 1. The number of rotatable bonds is 3. The van der Waals surface area contributed by atoms with E-state index < -0.39 is 94.8 Å². The van der Waals surface area contributed by atoms with Crippen molar-refractivity contribution >= 4 is 54.9 Å². The highest BCUT2D eigenvalue weighted by Gasteiger charge is 2.74. The number of H-pyrrole nitrogens is 1. The van der Waals surface area contributed by atoms with Gasteiger partial charge < -0.3 is 40.0 Å². The first-order chi connectivity index (χ1) is 22.3. The molecule has 6 heterocycles. The molecule has 4 aromatic heterocycles. The zero-order chi connectivity index (χ0) is 33.0. The van der Waals surface area contributed by atoms with Gasteiger partial charge in [0.25, 0.3) is 5.56 Å². The standard InChI is InChI=1S/C25H29N7O12P2S/c1-9-30-14-11(24(35)31-9)5-47-20(14)19-18-10(3-33)13(42-19)4-40-45(36,37)44-21-17(34)16(12-2-25(12,21)6-41-46(38,39)43-18)32-8-29-15-22(26)27-7-28-23(15)32/h5,7-8,10,12-13,16-19,21,33-34H,2-4,6H2,1H3,(H,36,37)(H,38,39)(H2,26,27,28)(H,30,31,35)/t10-,12-,13-,16-,17+,18-,19-,21+,25-/m1/s1. The van der Waals surface area contributed by atoms with Crippen LogP contribution >= 0.6 is 27.0 Å². The summed E-state index contributed by atoms with van der Waals surface area (Å²) in [6, 6.07) is -0.802. The summed E-state index contributed by atoms with van der Waals surface area (Å²) in [7, 11) is -9.89. The molecular weight excluding hydrogens is 684 g/mol. The first-order valence-corrected chi connectivity index (χ1v) is 18.4. The third-order valence-electron chi connectivity index (χ3n) is 9.52. The number of nitrogens with zero attached hydrogens (tertiary/aromatic N) is 5. The van der Waals surface area contributed by atoms with Crippen molar-refractivity contribution in [2.75, 3.05) is 25.6 Å². The maximum absolute atomic E-state index is 13.6. The second-order valence-corrected chi connectivity index (χ2v) is 15.9.